The van der Waals surface area contributed by atoms with Crippen molar-refractivity contribution in [2.75, 3.05) is 65.0 Å². The number of benzene rings is 3. The lowest BCUT2D eigenvalue weighted by molar-refractivity contribution is -0.646. The van der Waals surface area contributed by atoms with E-state index in [0.717, 1.165) is 60.1 Å². The lowest BCUT2D eigenvalue weighted by atomic mass is 10.1. The highest BCUT2D eigenvalue weighted by Crippen LogP contribution is 2.24. The first-order valence-electron chi connectivity index (χ1n) is 15.4. The summed E-state index contributed by atoms with van der Waals surface area (Å²) in [5, 5.41) is 9.78. The maximum Gasteiger partial charge on any atom is 0.214 e. The van der Waals surface area contributed by atoms with Crippen LogP contribution < -0.4 is 67.7 Å². The van der Waals surface area contributed by atoms with Gasteiger partial charge in [-0.05, 0) is 69.7 Å². The molecule has 0 spiro atoms. The average molecular weight is 841 g/mol. The molecular weight excluding hydrogens is 794 g/mol. The average Bonchev–Trinajstić information content (AvgIpc) is 3.02. The molecule has 2 aromatic heterocycles. The lowest BCUT2D eigenvalue weighted by Gasteiger charge is -2.13. The maximum atomic E-state index is 3.66. The molecule has 242 valence electrons. The van der Waals surface area contributed by atoms with Gasteiger partial charge in [-0.25, -0.2) is 0 Å². The largest absolute Gasteiger partial charge is 1.00 e. The Kier molecular flexibility index (Phi) is 14.4. The molecule has 0 unspecified atom stereocenters. The second kappa shape index (κ2) is 17.7. The second-order valence-corrected chi connectivity index (χ2v) is 11.9. The Labute approximate surface area is 308 Å². The predicted molar refractivity (Wildman–Crippen MR) is 189 cm³/mol. The zero-order valence-corrected chi connectivity index (χ0v) is 32.1. The predicted octanol–water partition coefficient (Wildman–Crippen LogP) is -0.0622. The topological polar surface area (TPSA) is 38.3 Å². The molecule has 0 aliphatic heterocycles. The Balaban J connectivity index is 0.00000288. The molecule has 3 aromatic carbocycles. The number of pyridine rings is 2. The van der Waals surface area contributed by atoms with Gasteiger partial charge in [0.05, 0.1) is 22.1 Å². The molecule has 0 radical (unpaired) electrons. The first-order chi connectivity index (χ1) is 21.3. The first-order valence-corrected chi connectivity index (χ1v) is 15.4. The fraction of sp³-hybridized carbons (Fsp3) is 0.263. The van der Waals surface area contributed by atoms with Crippen molar-refractivity contribution in [1.82, 2.24) is 9.80 Å². The van der Waals surface area contributed by atoms with Gasteiger partial charge < -0.3 is 68.4 Å². The molecule has 0 amide bonds. The summed E-state index contributed by atoms with van der Waals surface area (Å²) in [5.41, 5.74) is 9.36. The van der Waals surface area contributed by atoms with Crippen molar-refractivity contribution in [1.29, 1.82) is 0 Å². The molecule has 8 heteroatoms. The highest BCUT2D eigenvalue weighted by Gasteiger charge is 2.15. The number of likely N-dealkylation sites (N-methyl/N-ethyl adjacent to an activating group) is 2. The summed E-state index contributed by atoms with van der Waals surface area (Å²) in [4.78, 5) is 4.39. The van der Waals surface area contributed by atoms with Crippen LogP contribution in [0.15, 0.2) is 84.9 Å². The van der Waals surface area contributed by atoms with Crippen LogP contribution in [0.2, 0.25) is 0 Å². The normalized spacial score (nSPS) is 11.5. The summed E-state index contributed by atoms with van der Waals surface area (Å²) < 4.78 is 4.52. The summed E-state index contributed by atoms with van der Waals surface area (Å²) in [6.45, 7) is 3.74. The lowest BCUT2D eigenvalue weighted by Crippen LogP contribution is -3.00. The van der Waals surface area contributed by atoms with Gasteiger partial charge in [0.15, 0.2) is 0 Å². The summed E-state index contributed by atoms with van der Waals surface area (Å²) >= 11 is 0. The third kappa shape index (κ3) is 9.49. The minimum atomic E-state index is 0. The van der Waals surface area contributed by atoms with Crippen molar-refractivity contribution in [2.45, 2.75) is 0 Å². The fourth-order valence-electron chi connectivity index (χ4n) is 5.48. The van der Waals surface area contributed by atoms with E-state index in [2.05, 4.69) is 181 Å². The van der Waals surface area contributed by atoms with Gasteiger partial charge in [-0.2, -0.15) is 9.13 Å². The van der Waals surface area contributed by atoms with Crippen molar-refractivity contribution < 1.29 is 57.1 Å². The highest BCUT2D eigenvalue weighted by atomic mass is 127. The van der Waals surface area contributed by atoms with Gasteiger partial charge in [-0.3, -0.25) is 0 Å². The van der Waals surface area contributed by atoms with Crippen LogP contribution >= 0.6 is 0 Å². The number of aryl methyl sites for hydroxylation is 2. The van der Waals surface area contributed by atoms with Crippen molar-refractivity contribution in [3.8, 4) is 0 Å². The van der Waals surface area contributed by atoms with Gasteiger partial charge in [0.25, 0.3) is 0 Å². The van der Waals surface area contributed by atoms with Crippen LogP contribution in [0.3, 0.4) is 0 Å². The molecule has 5 rings (SSSR count). The Hall–Kier alpha value is -3.06. The summed E-state index contributed by atoms with van der Waals surface area (Å²) in [5.74, 6) is 0. The highest BCUT2D eigenvalue weighted by molar-refractivity contribution is 5.91. The van der Waals surface area contributed by atoms with Gasteiger partial charge in [-0.15, -0.1) is 0 Å². The van der Waals surface area contributed by atoms with E-state index >= 15 is 0 Å². The monoisotopic (exact) mass is 840 g/mol. The Morgan fingerprint density at radius 3 is 1.37 bits per heavy atom. The number of para-hydroxylation sites is 2. The van der Waals surface area contributed by atoms with Crippen molar-refractivity contribution in [3.63, 3.8) is 0 Å². The van der Waals surface area contributed by atoms with Crippen LogP contribution in [0.4, 0.5) is 11.4 Å². The van der Waals surface area contributed by atoms with Crippen LogP contribution in [0.1, 0.15) is 22.5 Å². The number of hydrogen-bond acceptors (Lipinski definition) is 4. The number of nitrogens with one attached hydrogen (secondary N) is 2. The van der Waals surface area contributed by atoms with Gasteiger partial charge in [-0.1, -0.05) is 42.5 Å². The van der Waals surface area contributed by atoms with Gasteiger partial charge in [0, 0.05) is 62.6 Å². The van der Waals surface area contributed by atoms with E-state index in [1.165, 1.54) is 21.8 Å². The third-order valence-electron chi connectivity index (χ3n) is 8.02. The summed E-state index contributed by atoms with van der Waals surface area (Å²) in [7, 11) is 12.7. The maximum absolute atomic E-state index is 3.66. The van der Waals surface area contributed by atoms with E-state index < -0.39 is 0 Å². The molecule has 0 saturated heterocycles. The zero-order valence-electron chi connectivity index (χ0n) is 27.8. The molecular formula is C38H46I2N6. The van der Waals surface area contributed by atoms with E-state index in [-0.39, 0.29) is 48.0 Å². The SMILES string of the molecule is CN(C)CCNc1cc(/C=C/c2cccc(/C=C/c3cc(NCCN(C)C)c4ccccc4[n+]3C)c2)[n+](C)c2ccccc12.[I-].[I-]. The number of rotatable bonds is 12. The fourth-order valence-corrected chi connectivity index (χ4v) is 5.48. The van der Waals surface area contributed by atoms with E-state index in [1.54, 1.807) is 0 Å². The Bertz CT molecular complexity index is 1680. The number of nitrogens with zero attached hydrogens (tertiary/aromatic N) is 4. The molecule has 46 heavy (non-hydrogen) atoms. The molecule has 6 nitrogen and oxygen atoms in total. The van der Waals surface area contributed by atoms with Crippen LogP contribution in [0.5, 0.6) is 0 Å². The second-order valence-electron chi connectivity index (χ2n) is 11.9. The van der Waals surface area contributed by atoms with Crippen molar-refractivity contribution >= 4 is 57.5 Å². The van der Waals surface area contributed by atoms with Gasteiger partial charge in [0.2, 0.25) is 22.4 Å². The number of halogens is 2. The van der Waals surface area contributed by atoms with E-state index in [9.17, 15) is 0 Å². The number of fused-ring (bicyclic) bond motifs is 2. The molecule has 2 heterocycles. The van der Waals surface area contributed by atoms with Crippen LogP contribution in [-0.4, -0.2) is 64.2 Å². The van der Waals surface area contributed by atoms with E-state index in [1.807, 2.05) is 0 Å². The number of anilines is 2. The van der Waals surface area contributed by atoms with Gasteiger partial charge in [0.1, 0.15) is 14.1 Å². The minimum Gasteiger partial charge on any atom is -1.00 e. The molecule has 0 bridgehead atoms. The van der Waals surface area contributed by atoms with Crippen LogP contribution in [-0.2, 0) is 14.1 Å². The van der Waals surface area contributed by atoms with E-state index in [0.29, 0.717) is 0 Å². The Morgan fingerprint density at radius 1 is 0.543 bits per heavy atom. The molecule has 0 atom stereocenters. The molecule has 5 aromatic rings. The minimum absolute atomic E-state index is 0. The zero-order chi connectivity index (χ0) is 31.1. The Morgan fingerprint density at radius 2 is 0.957 bits per heavy atom. The molecule has 0 aliphatic carbocycles. The molecule has 0 saturated carbocycles. The standard InChI is InChI=1S/C38H44N6.2HI/c1-41(2)24-22-39-35-27-31(43(5)37-16-9-7-14-33(35)37)20-18-29-12-11-13-30(26-29)19-21-32-28-36(40-23-25-42(3)4)34-15-8-10-17-38(34)44(32)6;;/h7-21,26-28H,22-25H2,1-6H3;2*1H/b20-18+,21-19+;;. The summed E-state index contributed by atoms with van der Waals surface area (Å²) in [6, 6.07) is 30.4. The van der Waals surface area contributed by atoms with Crippen LogP contribution in [0.25, 0.3) is 46.1 Å². The number of aromatic nitrogens is 2. The summed E-state index contributed by atoms with van der Waals surface area (Å²) in [6.07, 6.45) is 8.82. The van der Waals surface area contributed by atoms with E-state index in [4.69, 9.17) is 0 Å². The molecule has 0 fully saturated rings. The van der Waals surface area contributed by atoms with Crippen molar-refractivity contribution in [3.05, 3.63) is 107 Å². The quantitative estimate of drug-likeness (QED) is 0.137. The first kappa shape index (κ1) is 37.4. The molecule has 2 N–H and O–H groups in total. The number of hydrogen-bond donors (Lipinski definition) is 2. The third-order valence-corrected chi connectivity index (χ3v) is 8.02. The van der Waals surface area contributed by atoms with Gasteiger partial charge >= 0.3 is 0 Å². The van der Waals surface area contributed by atoms with Crippen molar-refractivity contribution in [2.24, 2.45) is 14.1 Å². The smallest absolute Gasteiger partial charge is 0.214 e. The van der Waals surface area contributed by atoms with Crippen LogP contribution in [0, 0.1) is 0 Å². The molecule has 0 aliphatic rings.